The molecule has 3 heteroatoms. The van der Waals surface area contributed by atoms with E-state index in [2.05, 4.69) is 30.3 Å². The molecule has 0 aromatic heterocycles. The van der Waals surface area contributed by atoms with Crippen LogP contribution < -0.4 is 24.0 Å². The van der Waals surface area contributed by atoms with Crippen LogP contribution in [0.3, 0.4) is 0 Å². The van der Waals surface area contributed by atoms with Gasteiger partial charge in [-0.2, -0.15) is 0 Å². The van der Waals surface area contributed by atoms with Gasteiger partial charge in [0.2, 0.25) is 0 Å². The van der Waals surface area contributed by atoms with E-state index in [0.29, 0.717) is 0 Å². The van der Waals surface area contributed by atoms with E-state index in [1.54, 1.807) is 0 Å². The van der Waals surface area contributed by atoms with E-state index in [1.165, 1.54) is 21.3 Å². The van der Waals surface area contributed by atoms with Crippen LogP contribution in [-0.4, -0.2) is 15.7 Å². The minimum Gasteiger partial charge on any atom is -1.00 e. The monoisotopic (exact) mass is 308 g/mol. The molecular weight excluding hydrogens is 299 g/mol. The number of hydrogen-bond acceptors (Lipinski definition) is 1. The Balaban J connectivity index is 0.000000720. The SMILES string of the molecule is [I-].c1ccc(C2=[S+]CCS2)cc1. The van der Waals surface area contributed by atoms with Crippen LogP contribution in [0.1, 0.15) is 5.56 Å². The van der Waals surface area contributed by atoms with Gasteiger partial charge in [0, 0.05) is 5.56 Å². The van der Waals surface area contributed by atoms with E-state index >= 15 is 0 Å². The van der Waals surface area contributed by atoms with Crippen molar-refractivity contribution in [2.24, 2.45) is 0 Å². The molecule has 64 valence electrons. The highest BCUT2D eigenvalue weighted by Gasteiger charge is 2.20. The molecule has 0 saturated heterocycles. The molecule has 2 rings (SSSR count). The summed E-state index contributed by atoms with van der Waals surface area (Å²) in [6.07, 6.45) is 0. The second-order valence-electron chi connectivity index (χ2n) is 2.35. The third-order valence-corrected chi connectivity index (χ3v) is 4.34. The number of halogens is 1. The highest BCUT2D eigenvalue weighted by Crippen LogP contribution is 2.16. The van der Waals surface area contributed by atoms with Crippen molar-refractivity contribution in [3.63, 3.8) is 0 Å². The number of thioether (sulfide) groups is 1. The van der Waals surface area contributed by atoms with Crippen LogP contribution in [0.5, 0.6) is 0 Å². The zero-order valence-corrected chi connectivity index (χ0v) is 10.3. The molecule has 1 heterocycles. The maximum absolute atomic E-state index is 2.18. The quantitative estimate of drug-likeness (QED) is 0.364. The summed E-state index contributed by atoms with van der Waals surface area (Å²) in [7, 11) is 0. The summed E-state index contributed by atoms with van der Waals surface area (Å²) in [5.74, 6) is 2.55. The lowest BCUT2D eigenvalue weighted by Gasteiger charge is -1.89. The summed E-state index contributed by atoms with van der Waals surface area (Å²) in [6.45, 7) is 0. The second kappa shape index (κ2) is 5.19. The van der Waals surface area contributed by atoms with E-state index in [1.807, 2.05) is 23.1 Å². The maximum Gasteiger partial charge on any atom is 0.265 e. The Bertz CT molecular complexity index is 269. The minimum atomic E-state index is 0. The molecule has 0 spiro atoms. The van der Waals surface area contributed by atoms with Gasteiger partial charge < -0.3 is 24.0 Å². The third-order valence-electron chi connectivity index (χ3n) is 1.56. The highest BCUT2D eigenvalue weighted by molar-refractivity contribution is 8.25. The zero-order chi connectivity index (χ0) is 7.52. The first-order valence-electron chi connectivity index (χ1n) is 3.65. The van der Waals surface area contributed by atoms with Crippen molar-refractivity contribution in [3.8, 4) is 0 Å². The molecule has 0 aliphatic carbocycles. The van der Waals surface area contributed by atoms with Gasteiger partial charge in [0.1, 0.15) is 0 Å². The molecule has 12 heavy (non-hydrogen) atoms. The van der Waals surface area contributed by atoms with Crippen molar-refractivity contribution in [1.29, 1.82) is 0 Å². The van der Waals surface area contributed by atoms with Crippen molar-refractivity contribution in [2.45, 2.75) is 0 Å². The van der Waals surface area contributed by atoms with E-state index in [-0.39, 0.29) is 24.0 Å². The van der Waals surface area contributed by atoms with Crippen LogP contribution in [0.4, 0.5) is 0 Å². The number of rotatable bonds is 1. The average Bonchev–Trinajstić information content (AvgIpc) is 2.58. The van der Waals surface area contributed by atoms with Crippen LogP contribution in [0.2, 0.25) is 0 Å². The van der Waals surface area contributed by atoms with Gasteiger partial charge in [-0.25, -0.2) is 0 Å². The van der Waals surface area contributed by atoms with Crippen molar-refractivity contribution >= 4 is 27.3 Å². The van der Waals surface area contributed by atoms with Gasteiger partial charge >= 0.3 is 0 Å². The molecule has 0 fully saturated rings. The highest BCUT2D eigenvalue weighted by atomic mass is 127. The average molecular weight is 308 g/mol. The van der Waals surface area contributed by atoms with Crippen LogP contribution in [0.25, 0.3) is 0 Å². The summed E-state index contributed by atoms with van der Waals surface area (Å²) < 4.78 is 1.49. The second-order valence-corrected chi connectivity index (χ2v) is 4.82. The number of benzene rings is 1. The smallest absolute Gasteiger partial charge is 0.265 e. The fourth-order valence-corrected chi connectivity index (χ4v) is 3.53. The van der Waals surface area contributed by atoms with Gasteiger partial charge in [-0.1, -0.05) is 30.0 Å². The molecule has 0 nitrogen and oxygen atoms in total. The maximum atomic E-state index is 2.18. The van der Waals surface area contributed by atoms with Gasteiger partial charge in [0.05, 0.1) is 5.75 Å². The Hall–Kier alpha value is 0.390. The van der Waals surface area contributed by atoms with Crippen LogP contribution in [0.15, 0.2) is 30.3 Å². The third kappa shape index (κ3) is 2.44. The fraction of sp³-hybridized carbons (Fsp3) is 0.222. The predicted octanol–water partition coefficient (Wildman–Crippen LogP) is -1.00. The normalized spacial score (nSPS) is 15.2. The summed E-state index contributed by atoms with van der Waals surface area (Å²) >= 11 is 3.95. The van der Waals surface area contributed by atoms with Gasteiger partial charge in [-0.3, -0.25) is 0 Å². The van der Waals surface area contributed by atoms with Crippen LogP contribution in [0, 0.1) is 0 Å². The molecule has 0 N–H and O–H groups in total. The van der Waals surface area contributed by atoms with Crippen molar-refractivity contribution < 1.29 is 24.0 Å². The van der Waals surface area contributed by atoms with Crippen molar-refractivity contribution in [1.82, 2.24) is 0 Å². The molecular formula is C9H9IS2. The molecule has 0 amide bonds. The Morgan fingerprint density at radius 3 is 2.50 bits per heavy atom. The van der Waals surface area contributed by atoms with Crippen molar-refractivity contribution in [3.05, 3.63) is 35.9 Å². The van der Waals surface area contributed by atoms with Crippen LogP contribution in [-0.2, 0) is 11.4 Å². The Kier molecular flexibility index (Phi) is 4.53. The van der Waals surface area contributed by atoms with E-state index in [9.17, 15) is 0 Å². The summed E-state index contributed by atoms with van der Waals surface area (Å²) in [4.78, 5) is 0. The molecule has 0 bridgehead atoms. The lowest BCUT2D eigenvalue weighted by Crippen LogP contribution is -3.00. The lowest BCUT2D eigenvalue weighted by atomic mass is 10.2. The summed E-state index contributed by atoms with van der Waals surface area (Å²) in [5, 5.41) is 0. The van der Waals surface area contributed by atoms with E-state index < -0.39 is 0 Å². The van der Waals surface area contributed by atoms with Gasteiger partial charge in [0.25, 0.3) is 4.20 Å². The molecule has 0 saturated carbocycles. The minimum absolute atomic E-state index is 0. The predicted molar refractivity (Wildman–Crippen MR) is 55.2 cm³/mol. The molecule has 0 radical (unpaired) electrons. The molecule has 1 aromatic rings. The lowest BCUT2D eigenvalue weighted by molar-refractivity contribution is -0.00000197. The summed E-state index contributed by atoms with van der Waals surface area (Å²) in [6, 6.07) is 10.6. The first kappa shape index (κ1) is 10.5. The Labute approximate surface area is 98.1 Å². The van der Waals surface area contributed by atoms with E-state index in [4.69, 9.17) is 0 Å². The standard InChI is InChI=1S/C9H9S2.HI/c1-2-4-8(5-3-1)9-10-6-7-11-9;/h1-5H,6-7H2;1H/q+1;/p-1. The topological polar surface area (TPSA) is 0 Å². The first-order chi connectivity index (χ1) is 5.47. The molecule has 1 aliphatic rings. The molecule has 0 atom stereocenters. The largest absolute Gasteiger partial charge is 1.00 e. The zero-order valence-electron chi connectivity index (χ0n) is 6.50. The van der Waals surface area contributed by atoms with Gasteiger partial charge in [-0.05, 0) is 12.1 Å². The fourth-order valence-electron chi connectivity index (χ4n) is 1.05. The molecule has 1 aromatic carbocycles. The molecule has 1 aliphatic heterocycles. The Morgan fingerprint density at radius 1 is 1.17 bits per heavy atom. The van der Waals surface area contributed by atoms with E-state index in [0.717, 1.165) is 0 Å². The van der Waals surface area contributed by atoms with Crippen molar-refractivity contribution in [2.75, 3.05) is 11.5 Å². The summed E-state index contributed by atoms with van der Waals surface area (Å²) in [5.41, 5.74) is 1.39. The number of hydrogen-bond donors (Lipinski definition) is 0. The van der Waals surface area contributed by atoms with Gasteiger partial charge in [0.15, 0.2) is 17.1 Å². The molecule has 0 unspecified atom stereocenters. The first-order valence-corrected chi connectivity index (χ1v) is 5.62. The Morgan fingerprint density at radius 2 is 1.92 bits per heavy atom. The van der Waals surface area contributed by atoms with Gasteiger partial charge in [-0.15, -0.1) is 0 Å². The van der Waals surface area contributed by atoms with Crippen LogP contribution >= 0.6 is 11.8 Å².